The minimum absolute atomic E-state index is 0.132. The summed E-state index contributed by atoms with van der Waals surface area (Å²) >= 11 is 0. The highest BCUT2D eigenvalue weighted by molar-refractivity contribution is 7.46. The summed E-state index contributed by atoms with van der Waals surface area (Å²) in [5.41, 5.74) is 0. The number of carbonyl (C=O) groups is 2. The summed E-state index contributed by atoms with van der Waals surface area (Å²) in [5, 5.41) is 9.73. The number of phosphoric acid groups is 1. The Morgan fingerprint density at radius 2 is 1.12 bits per heavy atom. The van der Waals surface area contributed by atoms with Crippen LogP contribution in [0.15, 0.2) is 109 Å². The number of ether oxygens (including phenoxy) is 2. The van der Waals surface area contributed by atoms with Gasteiger partial charge in [0.1, 0.15) is 6.61 Å². The molecule has 10 heteroatoms. The number of hydrogen-bond acceptors (Lipinski definition) is 7. The molecule has 0 saturated heterocycles. The van der Waals surface area contributed by atoms with Crippen LogP contribution >= 0.6 is 7.82 Å². The molecule has 3 N–H and O–H groups in total. The lowest BCUT2D eigenvalue weighted by atomic mass is 10.2. The Balaban J connectivity index is 4.22. The van der Waals surface area contributed by atoms with Crippen LogP contribution in [0.4, 0.5) is 0 Å². The lowest BCUT2D eigenvalue weighted by Gasteiger charge is -2.18. The van der Waals surface area contributed by atoms with Gasteiger partial charge in [-0.15, -0.1) is 0 Å². The van der Waals surface area contributed by atoms with Crippen molar-refractivity contribution in [2.45, 2.75) is 122 Å². The number of esters is 2. The molecular formula is C41H63O9P. The molecule has 0 fully saturated rings. The Kier molecular flexibility index (Phi) is 32.8. The Bertz CT molecular complexity index is 1200. The first-order valence-corrected chi connectivity index (χ1v) is 19.8. The van der Waals surface area contributed by atoms with Crippen molar-refractivity contribution in [1.82, 2.24) is 0 Å². The molecule has 0 bridgehead atoms. The van der Waals surface area contributed by atoms with Crippen molar-refractivity contribution in [2.24, 2.45) is 0 Å². The van der Waals surface area contributed by atoms with Crippen LogP contribution in [0, 0.1) is 0 Å². The van der Waals surface area contributed by atoms with Crippen LogP contribution in [-0.4, -0.2) is 52.3 Å². The standard InChI is InChI=1S/C41H63O9P/c1-3-5-7-8-9-10-11-12-13-14-19-22-25-28-31-35-41(44)50-39(37-49-51(45,46)47)36-48-40(43)34-30-27-24-21-18-16-15-17-20-23-26-29-33-38(42)32-6-4-2/h5-7,9-10,12-13,15-16,19-24,26,29,32,38-39,42H,3-4,8,11,14,17-18,25,27-28,30-31,33-37H2,1-2H3,(H2,45,46,47)/b7-5-,10-9-,13-12-,16-15-,22-19-,23-20-,24-21-,29-26+,32-6-/t38?,39-/m1/s1. The number of aliphatic hydroxyl groups excluding tert-OH is 1. The normalized spacial score (nSPS) is 14.4. The minimum Gasteiger partial charge on any atom is -0.462 e. The van der Waals surface area contributed by atoms with Gasteiger partial charge in [-0.1, -0.05) is 123 Å². The fourth-order valence-corrected chi connectivity index (χ4v) is 4.54. The van der Waals surface area contributed by atoms with Gasteiger partial charge in [-0.3, -0.25) is 14.1 Å². The monoisotopic (exact) mass is 730 g/mol. The van der Waals surface area contributed by atoms with Crippen LogP contribution in [0.25, 0.3) is 0 Å². The molecule has 0 aromatic heterocycles. The third kappa shape index (κ3) is 37.7. The summed E-state index contributed by atoms with van der Waals surface area (Å²) in [6.45, 7) is 3.21. The van der Waals surface area contributed by atoms with E-state index in [2.05, 4.69) is 72.2 Å². The number of rotatable bonds is 31. The highest BCUT2D eigenvalue weighted by Crippen LogP contribution is 2.35. The Morgan fingerprint density at radius 1 is 0.608 bits per heavy atom. The topological polar surface area (TPSA) is 140 Å². The molecule has 0 aromatic carbocycles. The molecule has 0 saturated carbocycles. The lowest BCUT2D eigenvalue weighted by molar-refractivity contribution is -0.161. The van der Waals surface area contributed by atoms with E-state index in [-0.39, 0.29) is 19.4 Å². The zero-order valence-corrected chi connectivity index (χ0v) is 31.7. The molecule has 1 unspecified atom stereocenters. The SMILES string of the molecule is CC/C=C\C/C=C\C/C=C\C/C=C\CCCCC(=O)O[C@H](COC(=O)CCC/C=C\C/C=C\C/C=C\C=C\CC(O)/C=C\CC)COP(=O)(O)O. The van der Waals surface area contributed by atoms with Gasteiger partial charge in [0.05, 0.1) is 12.7 Å². The van der Waals surface area contributed by atoms with Crippen LogP contribution in [0.1, 0.15) is 110 Å². The Morgan fingerprint density at radius 3 is 1.71 bits per heavy atom. The van der Waals surface area contributed by atoms with Crippen LogP contribution in [-0.2, 0) is 28.2 Å². The molecule has 0 radical (unpaired) electrons. The van der Waals surface area contributed by atoms with Gasteiger partial charge in [0.2, 0.25) is 0 Å². The van der Waals surface area contributed by atoms with Crippen molar-refractivity contribution in [3.8, 4) is 0 Å². The van der Waals surface area contributed by atoms with Crippen LogP contribution in [0.2, 0.25) is 0 Å². The van der Waals surface area contributed by atoms with Gasteiger partial charge in [-0.05, 0) is 83.5 Å². The quantitative estimate of drug-likeness (QED) is 0.0209. The molecule has 0 aromatic rings. The first-order valence-electron chi connectivity index (χ1n) is 18.3. The van der Waals surface area contributed by atoms with E-state index in [0.29, 0.717) is 25.7 Å². The molecular weight excluding hydrogens is 667 g/mol. The smallest absolute Gasteiger partial charge is 0.462 e. The van der Waals surface area contributed by atoms with Gasteiger partial charge in [0, 0.05) is 12.8 Å². The summed E-state index contributed by atoms with van der Waals surface area (Å²) in [6.07, 6.45) is 45.9. The number of hydrogen-bond donors (Lipinski definition) is 3. The van der Waals surface area contributed by atoms with Crippen molar-refractivity contribution in [3.05, 3.63) is 109 Å². The van der Waals surface area contributed by atoms with E-state index < -0.39 is 38.6 Å². The Hall–Kier alpha value is -3.33. The van der Waals surface area contributed by atoms with Gasteiger partial charge in [0.25, 0.3) is 0 Å². The third-order valence-electron chi connectivity index (χ3n) is 6.86. The van der Waals surface area contributed by atoms with Crippen LogP contribution < -0.4 is 0 Å². The molecule has 0 rings (SSSR count). The number of aliphatic hydroxyl groups is 1. The summed E-state index contributed by atoms with van der Waals surface area (Å²) in [4.78, 5) is 42.6. The fourth-order valence-electron chi connectivity index (χ4n) is 4.18. The molecule has 9 nitrogen and oxygen atoms in total. The van der Waals surface area contributed by atoms with E-state index in [1.54, 1.807) is 6.08 Å². The number of carbonyl (C=O) groups excluding carboxylic acids is 2. The van der Waals surface area contributed by atoms with Crippen molar-refractivity contribution >= 4 is 19.8 Å². The van der Waals surface area contributed by atoms with E-state index in [9.17, 15) is 19.3 Å². The maximum absolute atomic E-state index is 12.3. The third-order valence-corrected chi connectivity index (χ3v) is 7.35. The van der Waals surface area contributed by atoms with Crippen molar-refractivity contribution in [3.63, 3.8) is 0 Å². The van der Waals surface area contributed by atoms with Gasteiger partial charge >= 0.3 is 19.8 Å². The molecule has 0 amide bonds. The van der Waals surface area contributed by atoms with Gasteiger partial charge in [-0.2, -0.15) is 0 Å². The summed E-state index contributed by atoms with van der Waals surface area (Å²) < 4.78 is 26.2. The molecule has 0 aliphatic heterocycles. The number of allylic oxidation sites excluding steroid dienone is 16. The van der Waals surface area contributed by atoms with Gasteiger partial charge < -0.3 is 24.4 Å². The second-order valence-corrected chi connectivity index (χ2v) is 12.9. The fraction of sp³-hybridized carbons (Fsp3) is 0.512. The molecule has 0 aliphatic carbocycles. The minimum atomic E-state index is -4.79. The number of unbranched alkanes of at least 4 members (excludes halogenated alkanes) is 3. The first-order chi connectivity index (χ1) is 24.7. The zero-order valence-electron chi connectivity index (χ0n) is 30.8. The van der Waals surface area contributed by atoms with E-state index in [1.165, 1.54) is 0 Å². The van der Waals surface area contributed by atoms with Gasteiger partial charge in [-0.25, -0.2) is 4.57 Å². The average molecular weight is 731 g/mol. The molecule has 2 atom stereocenters. The van der Waals surface area contributed by atoms with E-state index in [1.807, 2.05) is 49.5 Å². The highest BCUT2D eigenvalue weighted by Gasteiger charge is 2.22. The predicted molar refractivity (Wildman–Crippen MR) is 208 cm³/mol. The van der Waals surface area contributed by atoms with E-state index >= 15 is 0 Å². The van der Waals surface area contributed by atoms with Crippen LogP contribution in [0.3, 0.4) is 0 Å². The van der Waals surface area contributed by atoms with E-state index in [4.69, 9.17) is 19.3 Å². The number of phosphoric ester groups is 1. The maximum Gasteiger partial charge on any atom is 0.469 e. The zero-order chi connectivity index (χ0) is 37.7. The largest absolute Gasteiger partial charge is 0.469 e. The molecule has 286 valence electrons. The summed E-state index contributed by atoms with van der Waals surface area (Å²) in [7, 11) is -4.79. The second-order valence-electron chi connectivity index (χ2n) is 11.6. The molecule has 51 heavy (non-hydrogen) atoms. The van der Waals surface area contributed by atoms with E-state index in [0.717, 1.165) is 57.8 Å². The first kappa shape index (κ1) is 47.7. The second kappa shape index (κ2) is 35.1. The summed E-state index contributed by atoms with van der Waals surface area (Å²) in [6, 6.07) is 0. The molecule has 0 spiro atoms. The van der Waals surface area contributed by atoms with Crippen molar-refractivity contribution in [2.75, 3.05) is 13.2 Å². The summed E-state index contributed by atoms with van der Waals surface area (Å²) in [5.74, 6) is -1.04. The predicted octanol–water partition coefficient (Wildman–Crippen LogP) is 9.81. The molecule has 0 heterocycles. The van der Waals surface area contributed by atoms with Crippen molar-refractivity contribution < 1.29 is 43.0 Å². The maximum atomic E-state index is 12.3. The highest BCUT2D eigenvalue weighted by atomic mass is 31.2. The average Bonchev–Trinajstić information content (AvgIpc) is 3.09. The van der Waals surface area contributed by atoms with Crippen molar-refractivity contribution in [1.29, 1.82) is 0 Å². The Labute approximate surface area is 307 Å². The van der Waals surface area contributed by atoms with Crippen LogP contribution in [0.5, 0.6) is 0 Å². The lowest BCUT2D eigenvalue weighted by Crippen LogP contribution is -2.29. The van der Waals surface area contributed by atoms with Gasteiger partial charge in [0.15, 0.2) is 6.10 Å². The molecule has 0 aliphatic rings.